The van der Waals surface area contributed by atoms with Gasteiger partial charge in [-0.15, -0.1) is 0 Å². The van der Waals surface area contributed by atoms with Gasteiger partial charge in [-0.1, -0.05) is 17.7 Å². The minimum Gasteiger partial charge on any atom is -0.383 e. The van der Waals surface area contributed by atoms with Gasteiger partial charge in [0.15, 0.2) is 0 Å². The average Bonchev–Trinajstić information content (AvgIpc) is 3.59. The summed E-state index contributed by atoms with van der Waals surface area (Å²) in [5, 5.41) is 3.18. The van der Waals surface area contributed by atoms with E-state index in [-0.39, 0.29) is 41.8 Å². The van der Waals surface area contributed by atoms with Gasteiger partial charge in [0.25, 0.3) is 5.91 Å². The number of hydrogen-bond acceptors (Lipinski definition) is 5. The number of nitrogens with two attached hydrogens (primary N) is 1. The molecule has 3 amide bonds. The molecule has 0 radical (unpaired) electrons. The molecule has 2 atom stereocenters. The van der Waals surface area contributed by atoms with E-state index in [0.29, 0.717) is 31.7 Å². The number of carbonyl (C=O) groups is 3. The summed E-state index contributed by atoms with van der Waals surface area (Å²) in [6.07, 6.45) is 5.77. The molecule has 0 bridgehead atoms. The van der Waals surface area contributed by atoms with Crippen molar-refractivity contribution in [3.63, 3.8) is 0 Å². The van der Waals surface area contributed by atoms with E-state index in [9.17, 15) is 14.4 Å². The minimum absolute atomic E-state index is 0.0671. The van der Waals surface area contributed by atoms with Crippen LogP contribution in [-0.4, -0.2) is 78.5 Å². The average molecular weight is 471 g/mol. The molecule has 0 spiro atoms. The number of nitrogens with one attached hydrogen (secondary N) is 1. The summed E-state index contributed by atoms with van der Waals surface area (Å²) in [7, 11) is 1.62. The molecule has 2 unspecified atom stereocenters. The van der Waals surface area contributed by atoms with E-state index in [1.807, 2.05) is 24.0 Å². The number of aryl methyl sites for hydroxylation is 1. The highest BCUT2D eigenvalue weighted by molar-refractivity contribution is 5.98. The fourth-order valence-corrected chi connectivity index (χ4v) is 5.16. The molecule has 4 rings (SSSR count). The summed E-state index contributed by atoms with van der Waals surface area (Å²) in [6.45, 7) is 3.23. The van der Waals surface area contributed by atoms with Crippen LogP contribution in [0.25, 0.3) is 0 Å². The number of carbonyl (C=O) groups excluding carboxylic acids is 3. The van der Waals surface area contributed by atoms with E-state index in [0.717, 1.165) is 44.1 Å². The molecule has 2 aliphatic carbocycles. The third-order valence-electron chi connectivity index (χ3n) is 7.45. The van der Waals surface area contributed by atoms with E-state index in [2.05, 4.69) is 5.32 Å². The van der Waals surface area contributed by atoms with E-state index in [1.54, 1.807) is 24.1 Å². The fraction of sp³-hybridized carbons (Fsp3) is 0.654. The number of methoxy groups -OCH3 is 1. The van der Waals surface area contributed by atoms with Gasteiger partial charge in [-0.2, -0.15) is 0 Å². The first-order valence-electron chi connectivity index (χ1n) is 12.6. The van der Waals surface area contributed by atoms with E-state index >= 15 is 0 Å². The minimum atomic E-state index is -0.605. The Labute approximate surface area is 202 Å². The first kappa shape index (κ1) is 24.7. The smallest absolute Gasteiger partial charge is 0.254 e. The number of benzene rings is 1. The highest BCUT2D eigenvalue weighted by Crippen LogP contribution is 2.34. The number of amides is 3. The Morgan fingerprint density at radius 2 is 1.76 bits per heavy atom. The van der Waals surface area contributed by atoms with Crippen LogP contribution in [-0.2, 0) is 14.3 Å². The Bertz CT molecular complexity index is 877. The molecule has 1 aromatic rings. The molecule has 8 heteroatoms. The maximum atomic E-state index is 13.5. The Hall–Kier alpha value is -2.45. The monoisotopic (exact) mass is 470 g/mol. The summed E-state index contributed by atoms with van der Waals surface area (Å²) in [5.41, 5.74) is 7.65. The van der Waals surface area contributed by atoms with Gasteiger partial charge >= 0.3 is 0 Å². The van der Waals surface area contributed by atoms with Gasteiger partial charge in [0.1, 0.15) is 6.04 Å². The standard InChI is InChI=1S/C26H38N4O4/c1-17-3-5-18(6-4-17)26(33)30-16-22(29(13-14-34-2)25(32)19-7-8-19)15-23(30)24(31)28-21-11-9-20(27)10-12-21/h3-6,19-23H,7-16,27H2,1-2H3,(H,28,31). The lowest BCUT2D eigenvalue weighted by atomic mass is 9.91. The molecule has 2 saturated carbocycles. The van der Waals surface area contributed by atoms with Gasteiger partial charge in [-0.05, 0) is 64.0 Å². The molecule has 1 aliphatic heterocycles. The Morgan fingerprint density at radius 3 is 2.38 bits per heavy atom. The SMILES string of the molecule is COCCN(C(=O)C1CC1)C1CC(C(=O)NC2CCC(N)CC2)N(C(=O)c2ccc(C)cc2)C1. The first-order chi connectivity index (χ1) is 16.4. The topological polar surface area (TPSA) is 105 Å². The van der Waals surface area contributed by atoms with Crippen molar-refractivity contribution in [1.29, 1.82) is 0 Å². The van der Waals surface area contributed by atoms with E-state index in [4.69, 9.17) is 10.5 Å². The molecule has 1 aromatic carbocycles. The van der Waals surface area contributed by atoms with Crippen LogP contribution in [0.2, 0.25) is 0 Å². The number of hydrogen-bond donors (Lipinski definition) is 2. The predicted molar refractivity (Wildman–Crippen MR) is 129 cm³/mol. The predicted octanol–water partition coefficient (Wildman–Crippen LogP) is 1.85. The number of likely N-dealkylation sites (tertiary alicyclic amines) is 1. The molecule has 34 heavy (non-hydrogen) atoms. The molecule has 8 nitrogen and oxygen atoms in total. The van der Waals surface area contributed by atoms with Crippen molar-refractivity contribution in [2.75, 3.05) is 26.8 Å². The highest BCUT2D eigenvalue weighted by Gasteiger charge is 2.45. The third kappa shape index (κ3) is 5.78. The van der Waals surface area contributed by atoms with Gasteiger partial charge in [0.2, 0.25) is 11.8 Å². The lowest BCUT2D eigenvalue weighted by Crippen LogP contribution is -2.50. The zero-order chi connectivity index (χ0) is 24.2. The maximum absolute atomic E-state index is 13.5. The molecule has 1 heterocycles. The summed E-state index contributed by atoms with van der Waals surface area (Å²) in [4.78, 5) is 43.5. The first-order valence-corrected chi connectivity index (χ1v) is 12.6. The lowest BCUT2D eigenvalue weighted by molar-refractivity contribution is -0.135. The molecule has 0 aromatic heterocycles. The van der Waals surface area contributed by atoms with Crippen LogP contribution >= 0.6 is 0 Å². The largest absolute Gasteiger partial charge is 0.383 e. The van der Waals surface area contributed by atoms with Crippen LogP contribution in [0.3, 0.4) is 0 Å². The van der Waals surface area contributed by atoms with Crippen molar-refractivity contribution < 1.29 is 19.1 Å². The van der Waals surface area contributed by atoms with E-state index in [1.165, 1.54) is 0 Å². The van der Waals surface area contributed by atoms with Crippen LogP contribution in [0.5, 0.6) is 0 Å². The van der Waals surface area contributed by atoms with Crippen molar-refractivity contribution >= 4 is 17.7 Å². The molecule has 3 N–H and O–H groups in total. The van der Waals surface area contributed by atoms with Crippen LogP contribution in [0, 0.1) is 12.8 Å². The summed E-state index contributed by atoms with van der Waals surface area (Å²) < 4.78 is 5.26. The molecule has 186 valence electrons. The third-order valence-corrected chi connectivity index (χ3v) is 7.45. The lowest BCUT2D eigenvalue weighted by Gasteiger charge is -2.30. The number of nitrogens with zero attached hydrogens (tertiary/aromatic N) is 2. The van der Waals surface area contributed by atoms with Crippen LogP contribution in [0.15, 0.2) is 24.3 Å². The molecular formula is C26H38N4O4. The zero-order valence-electron chi connectivity index (χ0n) is 20.4. The van der Waals surface area contributed by atoms with Crippen LogP contribution in [0.4, 0.5) is 0 Å². The van der Waals surface area contributed by atoms with Gasteiger partial charge < -0.3 is 25.6 Å². The van der Waals surface area contributed by atoms with Crippen LogP contribution in [0.1, 0.15) is 60.9 Å². The second-order valence-corrected chi connectivity index (χ2v) is 10.1. The molecule has 3 fully saturated rings. The molecule has 3 aliphatic rings. The second-order valence-electron chi connectivity index (χ2n) is 10.1. The van der Waals surface area contributed by atoms with Gasteiger partial charge in [-0.3, -0.25) is 14.4 Å². The van der Waals surface area contributed by atoms with Gasteiger partial charge in [0.05, 0.1) is 12.6 Å². The summed E-state index contributed by atoms with van der Waals surface area (Å²) in [6, 6.07) is 6.90. The van der Waals surface area contributed by atoms with Crippen molar-refractivity contribution in [2.24, 2.45) is 11.7 Å². The van der Waals surface area contributed by atoms with Gasteiger partial charge in [0, 0.05) is 43.8 Å². The summed E-state index contributed by atoms with van der Waals surface area (Å²) >= 11 is 0. The molecule has 1 saturated heterocycles. The summed E-state index contributed by atoms with van der Waals surface area (Å²) in [5.74, 6) is -0.114. The van der Waals surface area contributed by atoms with Crippen molar-refractivity contribution in [1.82, 2.24) is 15.1 Å². The number of rotatable bonds is 8. The quantitative estimate of drug-likeness (QED) is 0.603. The Balaban J connectivity index is 1.53. The maximum Gasteiger partial charge on any atom is 0.254 e. The number of ether oxygens (including phenoxy) is 1. The molecular weight excluding hydrogens is 432 g/mol. The fourth-order valence-electron chi connectivity index (χ4n) is 5.16. The highest BCUT2D eigenvalue weighted by atomic mass is 16.5. The second kappa shape index (κ2) is 10.9. The van der Waals surface area contributed by atoms with Crippen molar-refractivity contribution in [3.05, 3.63) is 35.4 Å². The Morgan fingerprint density at radius 1 is 1.09 bits per heavy atom. The van der Waals surface area contributed by atoms with Crippen LogP contribution < -0.4 is 11.1 Å². The van der Waals surface area contributed by atoms with Gasteiger partial charge in [-0.25, -0.2) is 0 Å². The Kier molecular flexibility index (Phi) is 7.88. The van der Waals surface area contributed by atoms with E-state index < -0.39 is 6.04 Å². The van der Waals surface area contributed by atoms with Crippen molar-refractivity contribution in [3.8, 4) is 0 Å². The normalized spacial score (nSPS) is 26.9. The van der Waals surface area contributed by atoms with Crippen molar-refractivity contribution in [2.45, 2.75) is 76.0 Å². The zero-order valence-corrected chi connectivity index (χ0v) is 20.4.